The van der Waals surface area contributed by atoms with E-state index < -0.39 is 6.04 Å². The van der Waals surface area contributed by atoms with E-state index in [1.54, 1.807) is 11.0 Å². The Balaban J connectivity index is 2.54. The number of carbonyl (C=O) groups excluding carboxylic acids is 1. The number of nitrogens with zero attached hydrogens (tertiary/aromatic N) is 3. The van der Waals surface area contributed by atoms with Crippen LogP contribution < -0.4 is 5.73 Å². The number of nitrogens with two attached hydrogens (primary N) is 1. The molecule has 1 atom stereocenters. The molecule has 90 valence electrons. The van der Waals surface area contributed by atoms with Crippen LogP contribution in [0.2, 0.25) is 0 Å². The lowest BCUT2D eigenvalue weighted by Crippen LogP contribution is -2.45. The molecule has 0 aliphatic heterocycles. The lowest BCUT2D eigenvalue weighted by Gasteiger charge is -2.29. The van der Waals surface area contributed by atoms with E-state index in [9.17, 15) is 4.79 Å². The lowest BCUT2D eigenvalue weighted by atomic mass is 9.81. The summed E-state index contributed by atoms with van der Waals surface area (Å²) in [6.07, 6.45) is 3.85. The molecule has 1 aromatic heterocycles. The van der Waals surface area contributed by atoms with Gasteiger partial charge in [-0.3, -0.25) is 9.48 Å². The highest BCUT2D eigenvalue weighted by molar-refractivity contribution is 5.76. The molecule has 1 rings (SSSR count). The fourth-order valence-corrected chi connectivity index (χ4v) is 1.35. The second-order valence-electron chi connectivity index (χ2n) is 4.40. The number of aromatic nitrogens is 3. The van der Waals surface area contributed by atoms with Gasteiger partial charge in [-0.1, -0.05) is 13.8 Å². The van der Waals surface area contributed by atoms with Gasteiger partial charge >= 0.3 is 5.97 Å². The van der Waals surface area contributed by atoms with Crippen LogP contribution in [0.4, 0.5) is 0 Å². The number of hydrogen-bond donors (Lipinski definition) is 1. The highest BCUT2D eigenvalue weighted by Crippen LogP contribution is 2.25. The minimum atomic E-state index is -0.624. The number of carbonyl (C=O) groups is 1. The predicted octanol–water partition coefficient (Wildman–Crippen LogP) is 0.195. The molecule has 0 amide bonds. The number of aryl methyl sites for hydroxylation is 1. The molecule has 0 spiro atoms. The van der Waals surface area contributed by atoms with Gasteiger partial charge in [0.1, 0.15) is 18.7 Å². The van der Waals surface area contributed by atoms with Crippen molar-refractivity contribution in [3.63, 3.8) is 0 Å². The molecular formula is C10H18N4O2. The van der Waals surface area contributed by atoms with E-state index in [0.29, 0.717) is 6.54 Å². The van der Waals surface area contributed by atoms with Crippen LogP contribution >= 0.6 is 0 Å². The highest BCUT2D eigenvalue weighted by atomic mass is 16.5. The van der Waals surface area contributed by atoms with Gasteiger partial charge in [-0.15, -0.1) is 0 Å². The number of ether oxygens (including phenoxy) is 1. The maximum atomic E-state index is 11.3. The first-order chi connectivity index (χ1) is 7.47. The molecule has 0 radical (unpaired) electrons. The fraction of sp³-hybridized carbons (Fsp3) is 0.700. The Morgan fingerprint density at radius 3 is 2.81 bits per heavy atom. The normalized spacial score (nSPS) is 13.5. The van der Waals surface area contributed by atoms with E-state index in [1.165, 1.54) is 13.4 Å². The molecule has 2 N–H and O–H groups in total. The molecular weight excluding hydrogens is 208 g/mol. The molecule has 0 saturated heterocycles. The Morgan fingerprint density at radius 2 is 2.31 bits per heavy atom. The summed E-state index contributed by atoms with van der Waals surface area (Å²) in [5.74, 6) is -0.386. The van der Waals surface area contributed by atoms with Crippen molar-refractivity contribution in [1.82, 2.24) is 14.8 Å². The molecule has 0 aliphatic carbocycles. The van der Waals surface area contributed by atoms with Crippen molar-refractivity contribution in [1.29, 1.82) is 0 Å². The molecule has 6 heteroatoms. The molecule has 0 bridgehead atoms. The van der Waals surface area contributed by atoms with Gasteiger partial charge < -0.3 is 10.5 Å². The highest BCUT2D eigenvalue weighted by Gasteiger charge is 2.32. The maximum Gasteiger partial charge on any atom is 0.323 e. The van der Waals surface area contributed by atoms with Crippen molar-refractivity contribution in [2.45, 2.75) is 32.9 Å². The summed E-state index contributed by atoms with van der Waals surface area (Å²) < 4.78 is 6.35. The molecule has 0 aliphatic rings. The molecule has 16 heavy (non-hydrogen) atoms. The number of hydrogen-bond acceptors (Lipinski definition) is 5. The second-order valence-corrected chi connectivity index (χ2v) is 4.40. The van der Waals surface area contributed by atoms with Crippen LogP contribution in [-0.4, -0.2) is 33.9 Å². The Labute approximate surface area is 94.8 Å². The predicted molar refractivity (Wildman–Crippen MR) is 58.4 cm³/mol. The van der Waals surface area contributed by atoms with Gasteiger partial charge in [0.15, 0.2) is 0 Å². The third-order valence-corrected chi connectivity index (χ3v) is 2.75. The van der Waals surface area contributed by atoms with E-state index in [-0.39, 0.29) is 11.4 Å². The van der Waals surface area contributed by atoms with Crippen molar-refractivity contribution in [2.75, 3.05) is 7.11 Å². The molecule has 0 saturated carbocycles. The monoisotopic (exact) mass is 226 g/mol. The third-order valence-electron chi connectivity index (χ3n) is 2.75. The van der Waals surface area contributed by atoms with Crippen molar-refractivity contribution in [2.24, 2.45) is 11.1 Å². The Bertz CT molecular complexity index is 335. The van der Waals surface area contributed by atoms with Crippen molar-refractivity contribution >= 4 is 5.97 Å². The van der Waals surface area contributed by atoms with Gasteiger partial charge in [-0.25, -0.2) is 4.98 Å². The van der Waals surface area contributed by atoms with Gasteiger partial charge in [0.2, 0.25) is 0 Å². The van der Waals surface area contributed by atoms with Crippen LogP contribution in [0.5, 0.6) is 0 Å². The van der Waals surface area contributed by atoms with E-state index in [4.69, 9.17) is 5.73 Å². The van der Waals surface area contributed by atoms with E-state index in [0.717, 1.165) is 6.42 Å². The number of esters is 1. The molecule has 0 fully saturated rings. The SMILES string of the molecule is COC(=O)C(N)C(C)(C)CCn1cncn1. The van der Waals surface area contributed by atoms with Gasteiger partial charge in [-0.05, 0) is 11.8 Å². The number of methoxy groups -OCH3 is 1. The van der Waals surface area contributed by atoms with E-state index >= 15 is 0 Å². The zero-order valence-electron chi connectivity index (χ0n) is 9.88. The van der Waals surface area contributed by atoms with Crippen molar-refractivity contribution in [3.8, 4) is 0 Å². The Morgan fingerprint density at radius 1 is 1.62 bits per heavy atom. The van der Waals surface area contributed by atoms with Crippen LogP contribution in [-0.2, 0) is 16.1 Å². The fourth-order valence-electron chi connectivity index (χ4n) is 1.35. The summed E-state index contributed by atoms with van der Waals surface area (Å²) >= 11 is 0. The van der Waals surface area contributed by atoms with Crippen molar-refractivity contribution in [3.05, 3.63) is 12.7 Å². The van der Waals surface area contributed by atoms with Gasteiger partial charge in [0.25, 0.3) is 0 Å². The zero-order chi connectivity index (χ0) is 12.2. The Hall–Kier alpha value is -1.43. The van der Waals surface area contributed by atoms with Gasteiger partial charge in [0, 0.05) is 6.54 Å². The first-order valence-corrected chi connectivity index (χ1v) is 5.13. The number of rotatable bonds is 5. The average molecular weight is 226 g/mol. The quantitative estimate of drug-likeness (QED) is 0.725. The van der Waals surface area contributed by atoms with Crippen LogP contribution in [0.1, 0.15) is 20.3 Å². The summed E-state index contributed by atoms with van der Waals surface area (Å²) in [6, 6.07) is -0.624. The van der Waals surface area contributed by atoms with Crippen molar-refractivity contribution < 1.29 is 9.53 Å². The van der Waals surface area contributed by atoms with E-state index in [2.05, 4.69) is 14.8 Å². The molecule has 1 aromatic rings. The van der Waals surface area contributed by atoms with Crippen LogP contribution in [0.15, 0.2) is 12.7 Å². The molecule has 0 aromatic carbocycles. The smallest absolute Gasteiger partial charge is 0.323 e. The van der Waals surface area contributed by atoms with Gasteiger partial charge in [0.05, 0.1) is 7.11 Å². The second kappa shape index (κ2) is 5.07. The maximum absolute atomic E-state index is 11.3. The van der Waals surface area contributed by atoms with Gasteiger partial charge in [-0.2, -0.15) is 5.10 Å². The van der Waals surface area contributed by atoms with E-state index in [1.807, 2.05) is 13.8 Å². The minimum Gasteiger partial charge on any atom is -0.468 e. The Kier molecular flexibility index (Phi) is 4.00. The first kappa shape index (κ1) is 12.6. The summed E-state index contributed by atoms with van der Waals surface area (Å²) in [5, 5.41) is 3.99. The van der Waals surface area contributed by atoms with Crippen LogP contribution in [0, 0.1) is 5.41 Å². The standard InChI is InChI=1S/C10H18N4O2/c1-10(2,8(11)9(15)16-3)4-5-14-7-12-6-13-14/h6-8H,4-5,11H2,1-3H3. The third kappa shape index (κ3) is 3.03. The first-order valence-electron chi connectivity index (χ1n) is 5.13. The molecule has 6 nitrogen and oxygen atoms in total. The largest absolute Gasteiger partial charge is 0.468 e. The van der Waals surface area contributed by atoms with Crippen LogP contribution in [0.25, 0.3) is 0 Å². The minimum absolute atomic E-state index is 0.334. The zero-order valence-corrected chi connectivity index (χ0v) is 9.88. The van der Waals surface area contributed by atoms with Crippen LogP contribution in [0.3, 0.4) is 0 Å². The summed E-state index contributed by atoms with van der Waals surface area (Å²) in [6.45, 7) is 4.55. The summed E-state index contributed by atoms with van der Waals surface area (Å²) in [7, 11) is 1.34. The lowest BCUT2D eigenvalue weighted by molar-refractivity contribution is -0.145. The average Bonchev–Trinajstić information content (AvgIpc) is 2.77. The molecule has 1 heterocycles. The molecule has 1 unspecified atom stereocenters. The summed E-state index contributed by atoms with van der Waals surface area (Å²) in [4.78, 5) is 15.2. The summed E-state index contributed by atoms with van der Waals surface area (Å²) in [5.41, 5.74) is 5.49. The topological polar surface area (TPSA) is 83.0 Å².